The van der Waals surface area contributed by atoms with Gasteiger partial charge in [-0.3, -0.25) is 9.78 Å². The summed E-state index contributed by atoms with van der Waals surface area (Å²) in [6.07, 6.45) is 6.84. The van der Waals surface area contributed by atoms with Gasteiger partial charge in [0.05, 0.1) is 17.5 Å². The first kappa shape index (κ1) is 18.8. The third-order valence-electron chi connectivity index (χ3n) is 5.10. The van der Waals surface area contributed by atoms with E-state index in [4.69, 9.17) is 0 Å². The Labute approximate surface area is 169 Å². The molecule has 0 aliphatic heterocycles. The maximum absolute atomic E-state index is 12.7. The van der Waals surface area contributed by atoms with Gasteiger partial charge in [0, 0.05) is 30.7 Å². The van der Waals surface area contributed by atoms with E-state index in [9.17, 15) is 4.79 Å². The number of aromatic nitrogens is 4. The Kier molecular flexibility index (Phi) is 5.08. The Bertz CT molecular complexity index is 1150. The van der Waals surface area contributed by atoms with E-state index in [1.807, 2.05) is 19.1 Å². The van der Waals surface area contributed by atoms with E-state index in [1.54, 1.807) is 29.3 Å². The van der Waals surface area contributed by atoms with Crippen molar-refractivity contribution in [3.8, 4) is 11.1 Å². The van der Waals surface area contributed by atoms with Crippen LogP contribution in [-0.2, 0) is 6.54 Å². The Morgan fingerprint density at radius 2 is 1.79 bits per heavy atom. The first-order chi connectivity index (χ1) is 14.0. The Balaban J connectivity index is 1.61. The van der Waals surface area contributed by atoms with Crippen molar-refractivity contribution in [1.29, 1.82) is 0 Å². The summed E-state index contributed by atoms with van der Waals surface area (Å²) in [7, 11) is 0. The maximum atomic E-state index is 12.7. The molecule has 0 aliphatic rings. The SMILES string of the molecule is Cc1c(C(=O)NCc2ccncc2)cnc2c(-c3ccc(C(C)C)cc3)cnn12. The molecule has 3 aromatic heterocycles. The molecule has 1 N–H and O–H groups in total. The van der Waals surface area contributed by atoms with Gasteiger partial charge in [0.2, 0.25) is 0 Å². The zero-order valence-corrected chi connectivity index (χ0v) is 16.8. The molecule has 0 bridgehead atoms. The minimum atomic E-state index is -0.174. The number of nitrogens with zero attached hydrogens (tertiary/aromatic N) is 4. The molecule has 4 rings (SSSR count). The highest BCUT2D eigenvalue weighted by molar-refractivity contribution is 5.95. The van der Waals surface area contributed by atoms with Gasteiger partial charge in [-0.25, -0.2) is 9.50 Å². The van der Waals surface area contributed by atoms with Crippen molar-refractivity contribution >= 4 is 11.6 Å². The van der Waals surface area contributed by atoms with Gasteiger partial charge in [-0.15, -0.1) is 0 Å². The van der Waals surface area contributed by atoms with Crippen molar-refractivity contribution in [2.75, 3.05) is 0 Å². The second kappa shape index (κ2) is 7.83. The molecule has 1 amide bonds. The van der Waals surface area contributed by atoms with E-state index < -0.39 is 0 Å². The average Bonchev–Trinajstić information content (AvgIpc) is 3.18. The minimum absolute atomic E-state index is 0.174. The van der Waals surface area contributed by atoms with Crippen LogP contribution in [0.3, 0.4) is 0 Å². The van der Waals surface area contributed by atoms with Gasteiger partial charge in [0.1, 0.15) is 0 Å². The molecule has 6 heteroatoms. The third kappa shape index (κ3) is 3.74. The summed E-state index contributed by atoms with van der Waals surface area (Å²) in [4.78, 5) is 21.2. The molecule has 1 aromatic carbocycles. The molecule has 0 fully saturated rings. The number of hydrogen-bond acceptors (Lipinski definition) is 4. The second-order valence-corrected chi connectivity index (χ2v) is 7.37. The number of nitrogens with one attached hydrogen (secondary N) is 1. The largest absolute Gasteiger partial charge is 0.348 e. The molecule has 0 saturated heterocycles. The van der Waals surface area contributed by atoms with E-state index >= 15 is 0 Å². The van der Waals surface area contributed by atoms with Gasteiger partial charge in [-0.05, 0) is 41.7 Å². The van der Waals surface area contributed by atoms with Crippen LogP contribution < -0.4 is 5.32 Å². The van der Waals surface area contributed by atoms with Crippen molar-refractivity contribution in [2.45, 2.75) is 33.2 Å². The molecule has 4 aromatic rings. The summed E-state index contributed by atoms with van der Waals surface area (Å²) in [5, 5.41) is 7.41. The molecule has 29 heavy (non-hydrogen) atoms. The van der Waals surface area contributed by atoms with Gasteiger partial charge in [-0.2, -0.15) is 5.10 Å². The van der Waals surface area contributed by atoms with Crippen LogP contribution >= 0.6 is 0 Å². The number of pyridine rings is 1. The molecule has 0 atom stereocenters. The van der Waals surface area contributed by atoms with Gasteiger partial charge < -0.3 is 5.32 Å². The number of amides is 1. The third-order valence-corrected chi connectivity index (χ3v) is 5.10. The fraction of sp³-hybridized carbons (Fsp3) is 0.217. The zero-order valence-electron chi connectivity index (χ0n) is 16.8. The monoisotopic (exact) mass is 385 g/mol. The number of benzene rings is 1. The van der Waals surface area contributed by atoms with E-state index in [0.717, 1.165) is 28.0 Å². The Morgan fingerprint density at radius 1 is 1.07 bits per heavy atom. The predicted octanol–water partition coefficient (Wildman–Crippen LogP) is 4.15. The number of aryl methyl sites for hydroxylation is 1. The summed E-state index contributed by atoms with van der Waals surface area (Å²) in [6, 6.07) is 12.2. The summed E-state index contributed by atoms with van der Waals surface area (Å²) < 4.78 is 1.73. The molecular weight excluding hydrogens is 362 g/mol. The molecule has 6 nitrogen and oxygen atoms in total. The first-order valence-electron chi connectivity index (χ1n) is 9.65. The number of carbonyl (C=O) groups excluding carboxylic acids is 1. The lowest BCUT2D eigenvalue weighted by Crippen LogP contribution is -2.24. The van der Waals surface area contributed by atoms with Gasteiger partial charge in [0.25, 0.3) is 5.91 Å². The molecule has 0 aliphatic carbocycles. The fourth-order valence-corrected chi connectivity index (χ4v) is 3.30. The summed E-state index contributed by atoms with van der Waals surface area (Å²) in [5.41, 5.74) is 6.31. The summed E-state index contributed by atoms with van der Waals surface area (Å²) >= 11 is 0. The highest BCUT2D eigenvalue weighted by atomic mass is 16.1. The van der Waals surface area contributed by atoms with Gasteiger partial charge >= 0.3 is 0 Å². The van der Waals surface area contributed by atoms with E-state index in [0.29, 0.717) is 18.0 Å². The van der Waals surface area contributed by atoms with Gasteiger partial charge in [0.15, 0.2) is 5.65 Å². The van der Waals surface area contributed by atoms with Crippen LogP contribution in [0.2, 0.25) is 0 Å². The van der Waals surface area contributed by atoms with Crippen LogP contribution in [0.4, 0.5) is 0 Å². The number of rotatable bonds is 5. The van der Waals surface area contributed by atoms with Crippen molar-refractivity contribution in [3.05, 3.63) is 83.6 Å². The first-order valence-corrected chi connectivity index (χ1v) is 9.65. The highest BCUT2D eigenvalue weighted by Crippen LogP contribution is 2.26. The normalized spacial score (nSPS) is 11.2. The van der Waals surface area contributed by atoms with Crippen LogP contribution in [0.1, 0.15) is 46.9 Å². The zero-order chi connectivity index (χ0) is 20.4. The molecule has 3 heterocycles. The average molecular weight is 385 g/mol. The number of fused-ring (bicyclic) bond motifs is 1. The van der Waals surface area contributed by atoms with Crippen LogP contribution in [-0.4, -0.2) is 25.5 Å². The quantitative estimate of drug-likeness (QED) is 0.560. The highest BCUT2D eigenvalue weighted by Gasteiger charge is 2.16. The minimum Gasteiger partial charge on any atom is -0.348 e. The van der Waals surface area contributed by atoms with Crippen molar-refractivity contribution < 1.29 is 4.79 Å². The lowest BCUT2D eigenvalue weighted by molar-refractivity contribution is 0.0949. The standard InChI is InChI=1S/C23H23N5O/c1-15(2)18-4-6-19(7-5-18)21-14-27-28-16(3)20(13-25-22(21)28)23(29)26-12-17-8-10-24-11-9-17/h4-11,13-15H,12H2,1-3H3,(H,26,29). The van der Waals surface area contributed by atoms with Crippen LogP contribution in [0.15, 0.2) is 61.2 Å². The molecule has 146 valence electrons. The van der Waals surface area contributed by atoms with Crippen LogP contribution in [0.5, 0.6) is 0 Å². The van der Waals surface area contributed by atoms with E-state index in [1.165, 1.54) is 5.56 Å². The van der Waals surface area contributed by atoms with Crippen molar-refractivity contribution in [1.82, 2.24) is 24.9 Å². The van der Waals surface area contributed by atoms with Crippen LogP contribution in [0, 0.1) is 6.92 Å². The molecule has 0 saturated carbocycles. The number of carbonyl (C=O) groups is 1. The lowest BCUT2D eigenvalue weighted by Gasteiger charge is -2.09. The smallest absolute Gasteiger partial charge is 0.254 e. The summed E-state index contributed by atoms with van der Waals surface area (Å²) in [6.45, 7) is 6.67. The van der Waals surface area contributed by atoms with E-state index in [2.05, 4.69) is 58.5 Å². The topological polar surface area (TPSA) is 72.2 Å². The second-order valence-electron chi connectivity index (χ2n) is 7.37. The number of hydrogen-bond donors (Lipinski definition) is 1. The van der Waals surface area contributed by atoms with Crippen molar-refractivity contribution in [2.24, 2.45) is 0 Å². The van der Waals surface area contributed by atoms with Crippen molar-refractivity contribution in [3.63, 3.8) is 0 Å². The summed E-state index contributed by atoms with van der Waals surface area (Å²) in [5.74, 6) is 0.314. The van der Waals surface area contributed by atoms with E-state index in [-0.39, 0.29) is 5.91 Å². The molecule has 0 unspecified atom stereocenters. The predicted molar refractivity (Wildman–Crippen MR) is 113 cm³/mol. The van der Waals surface area contributed by atoms with Crippen LogP contribution in [0.25, 0.3) is 16.8 Å². The lowest BCUT2D eigenvalue weighted by atomic mass is 10.00. The Hall–Kier alpha value is -3.54. The fourth-order valence-electron chi connectivity index (χ4n) is 3.30. The van der Waals surface area contributed by atoms with Gasteiger partial charge in [-0.1, -0.05) is 38.1 Å². The maximum Gasteiger partial charge on any atom is 0.254 e. The Morgan fingerprint density at radius 3 is 2.48 bits per heavy atom. The molecule has 0 spiro atoms. The molecule has 0 radical (unpaired) electrons. The molecular formula is C23H23N5O.